The van der Waals surface area contributed by atoms with Crippen LogP contribution in [0.25, 0.3) is 0 Å². The van der Waals surface area contributed by atoms with E-state index in [4.69, 9.17) is 0 Å². The average molecular weight is 280 g/mol. The molecule has 0 bridgehead atoms. The van der Waals surface area contributed by atoms with Gasteiger partial charge < -0.3 is 10.2 Å². The van der Waals surface area contributed by atoms with Gasteiger partial charge in [-0.15, -0.1) is 0 Å². The number of anilines is 2. The molecule has 1 saturated heterocycles. The van der Waals surface area contributed by atoms with Gasteiger partial charge in [0.15, 0.2) is 0 Å². The van der Waals surface area contributed by atoms with Gasteiger partial charge in [-0.3, -0.25) is 0 Å². The van der Waals surface area contributed by atoms with Gasteiger partial charge in [0.2, 0.25) is 0 Å². The maximum absolute atomic E-state index is 3.57. The number of nitrogens with zero attached hydrogens (tertiary/aromatic N) is 1. The lowest BCUT2D eigenvalue weighted by Crippen LogP contribution is -2.17. The maximum Gasteiger partial charge on any atom is 0.0403 e. The summed E-state index contributed by atoms with van der Waals surface area (Å²) >= 11 is 0. The van der Waals surface area contributed by atoms with Crippen molar-refractivity contribution in [2.24, 2.45) is 0 Å². The molecule has 0 radical (unpaired) electrons. The number of hydrogen-bond acceptors (Lipinski definition) is 2. The molecule has 0 aliphatic carbocycles. The maximum atomic E-state index is 3.57. The molecular formula is C19H24N2. The van der Waals surface area contributed by atoms with E-state index in [1.807, 2.05) is 0 Å². The first kappa shape index (κ1) is 14.0. The number of aryl methyl sites for hydroxylation is 2. The second-order valence-corrected chi connectivity index (χ2v) is 5.97. The van der Waals surface area contributed by atoms with Crippen LogP contribution in [0.3, 0.4) is 0 Å². The van der Waals surface area contributed by atoms with E-state index in [-0.39, 0.29) is 0 Å². The molecule has 1 fully saturated rings. The molecular weight excluding hydrogens is 256 g/mol. The normalized spacial score (nSPS) is 14.5. The second kappa shape index (κ2) is 6.21. The van der Waals surface area contributed by atoms with Crippen molar-refractivity contribution in [2.75, 3.05) is 23.3 Å². The minimum atomic E-state index is 0.885. The zero-order valence-electron chi connectivity index (χ0n) is 13.0. The molecule has 110 valence electrons. The van der Waals surface area contributed by atoms with E-state index in [0.717, 1.165) is 6.54 Å². The van der Waals surface area contributed by atoms with Crippen molar-refractivity contribution in [2.45, 2.75) is 33.2 Å². The highest BCUT2D eigenvalue weighted by molar-refractivity contribution is 5.60. The summed E-state index contributed by atoms with van der Waals surface area (Å²) < 4.78 is 0. The topological polar surface area (TPSA) is 15.3 Å². The number of benzene rings is 2. The molecule has 2 aromatic rings. The highest BCUT2D eigenvalue weighted by Gasteiger charge is 2.12. The fourth-order valence-electron chi connectivity index (χ4n) is 3.02. The summed E-state index contributed by atoms with van der Waals surface area (Å²) in [6, 6.07) is 15.3. The third kappa shape index (κ3) is 3.21. The molecule has 21 heavy (non-hydrogen) atoms. The minimum absolute atomic E-state index is 0.885. The molecule has 1 aliphatic rings. The Morgan fingerprint density at radius 3 is 2.43 bits per heavy atom. The predicted molar refractivity (Wildman–Crippen MR) is 91.1 cm³/mol. The zero-order chi connectivity index (χ0) is 14.7. The fraction of sp³-hybridized carbons (Fsp3) is 0.368. The lowest BCUT2D eigenvalue weighted by molar-refractivity contribution is 0.949. The van der Waals surface area contributed by atoms with Gasteiger partial charge in [0.1, 0.15) is 0 Å². The zero-order valence-corrected chi connectivity index (χ0v) is 13.0. The van der Waals surface area contributed by atoms with Crippen LogP contribution in [0.4, 0.5) is 11.4 Å². The molecule has 2 nitrogen and oxygen atoms in total. The summed E-state index contributed by atoms with van der Waals surface area (Å²) in [5.41, 5.74) is 6.64. The van der Waals surface area contributed by atoms with Crippen LogP contribution in [0.5, 0.6) is 0 Å². The van der Waals surface area contributed by atoms with Gasteiger partial charge >= 0.3 is 0 Å². The minimum Gasteiger partial charge on any atom is -0.381 e. The van der Waals surface area contributed by atoms with Crippen molar-refractivity contribution in [3.05, 3.63) is 59.2 Å². The Balaban J connectivity index is 1.70. The lowest BCUT2D eigenvalue weighted by Gasteiger charge is -2.19. The standard InChI is InChI=1S/C19H24N2/c1-15-7-3-4-8-17(15)14-20-19-10-9-18(13-16(19)2)21-11-5-6-12-21/h3-4,7-10,13,20H,5-6,11-12,14H2,1-2H3. The van der Waals surface area contributed by atoms with E-state index in [1.165, 1.54) is 54.0 Å². The van der Waals surface area contributed by atoms with E-state index in [0.29, 0.717) is 0 Å². The van der Waals surface area contributed by atoms with Gasteiger partial charge in [0.25, 0.3) is 0 Å². The summed E-state index contributed by atoms with van der Waals surface area (Å²) in [6.45, 7) is 7.65. The van der Waals surface area contributed by atoms with Crippen molar-refractivity contribution >= 4 is 11.4 Å². The van der Waals surface area contributed by atoms with Gasteiger partial charge in [0, 0.05) is 31.0 Å². The first-order chi connectivity index (χ1) is 10.2. The number of rotatable bonds is 4. The highest BCUT2D eigenvalue weighted by Crippen LogP contribution is 2.26. The smallest absolute Gasteiger partial charge is 0.0403 e. The molecule has 1 heterocycles. The van der Waals surface area contributed by atoms with Gasteiger partial charge in [-0.25, -0.2) is 0 Å². The van der Waals surface area contributed by atoms with Crippen LogP contribution in [-0.4, -0.2) is 13.1 Å². The molecule has 2 aromatic carbocycles. The van der Waals surface area contributed by atoms with Crippen molar-refractivity contribution in [3.8, 4) is 0 Å². The SMILES string of the molecule is Cc1ccccc1CNc1ccc(N2CCCC2)cc1C. The Bertz CT molecular complexity index is 613. The van der Waals surface area contributed by atoms with Gasteiger partial charge in [0.05, 0.1) is 0 Å². The second-order valence-electron chi connectivity index (χ2n) is 5.97. The summed E-state index contributed by atoms with van der Waals surface area (Å²) in [5.74, 6) is 0. The Morgan fingerprint density at radius 2 is 1.71 bits per heavy atom. The van der Waals surface area contributed by atoms with E-state index in [1.54, 1.807) is 0 Å². The molecule has 0 unspecified atom stereocenters. The lowest BCUT2D eigenvalue weighted by atomic mass is 10.1. The first-order valence-corrected chi connectivity index (χ1v) is 7.88. The summed E-state index contributed by atoms with van der Waals surface area (Å²) in [7, 11) is 0. The Morgan fingerprint density at radius 1 is 0.952 bits per heavy atom. The van der Waals surface area contributed by atoms with Crippen LogP contribution in [0.1, 0.15) is 29.5 Å². The van der Waals surface area contributed by atoms with Gasteiger partial charge in [-0.05, 0) is 61.6 Å². The number of hydrogen-bond donors (Lipinski definition) is 1. The van der Waals surface area contributed by atoms with E-state index in [9.17, 15) is 0 Å². The van der Waals surface area contributed by atoms with Crippen LogP contribution in [-0.2, 0) is 6.54 Å². The van der Waals surface area contributed by atoms with Gasteiger partial charge in [-0.1, -0.05) is 24.3 Å². The van der Waals surface area contributed by atoms with Crippen LogP contribution in [0.15, 0.2) is 42.5 Å². The van der Waals surface area contributed by atoms with Crippen molar-refractivity contribution < 1.29 is 0 Å². The quantitative estimate of drug-likeness (QED) is 0.886. The molecule has 0 saturated carbocycles. The Hall–Kier alpha value is -1.96. The third-order valence-corrected chi connectivity index (χ3v) is 4.41. The molecule has 3 rings (SSSR count). The van der Waals surface area contributed by atoms with Gasteiger partial charge in [-0.2, -0.15) is 0 Å². The van der Waals surface area contributed by atoms with E-state index < -0.39 is 0 Å². The largest absolute Gasteiger partial charge is 0.381 e. The molecule has 1 N–H and O–H groups in total. The summed E-state index contributed by atoms with van der Waals surface area (Å²) in [4.78, 5) is 2.48. The van der Waals surface area contributed by atoms with E-state index >= 15 is 0 Å². The van der Waals surface area contributed by atoms with Crippen LogP contribution in [0, 0.1) is 13.8 Å². The highest BCUT2D eigenvalue weighted by atomic mass is 15.1. The summed E-state index contributed by atoms with van der Waals surface area (Å²) in [6.07, 6.45) is 2.65. The monoisotopic (exact) mass is 280 g/mol. The molecule has 2 heteroatoms. The Labute approximate surface area is 127 Å². The summed E-state index contributed by atoms with van der Waals surface area (Å²) in [5, 5.41) is 3.57. The average Bonchev–Trinajstić information content (AvgIpc) is 3.02. The van der Waals surface area contributed by atoms with Crippen molar-refractivity contribution in [3.63, 3.8) is 0 Å². The molecule has 0 spiro atoms. The van der Waals surface area contributed by atoms with Crippen LogP contribution < -0.4 is 10.2 Å². The first-order valence-electron chi connectivity index (χ1n) is 7.88. The molecule has 0 aromatic heterocycles. The van der Waals surface area contributed by atoms with Crippen molar-refractivity contribution in [1.82, 2.24) is 0 Å². The fourth-order valence-corrected chi connectivity index (χ4v) is 3.02. The van der Waals surface area contributed by atoms with Crippen LogP contribution in [0.2, 0.25) is 0 Å². The molecule has 0 atom stereocenters. The Kier molecular flexibility index (Phi) is 4.14. The third-order valence-electron chi connectivity index (χ3n) is 4.41. The number of nitrogens with one attached hydrogen (secondary N) is 1. The molecule has 1 aliphatic heterocycles. The molecule has 0 amide bonds. The van der Waals surface area contributed by atoms with Crippen molar-refractivity contribution in [1.29, 1.82) is 0 Å². The predicted octanol–water partition coefficient (Wildman–Crippen LogP) is 4.52. The van der Waals surface area contributed by atoms with Crippen LogP contribution >= 0.6 is 0 Å². The van der Waals surface area contributed by atoms with E-state index in [2.05, 4.69) is 66.5 Å².